The number of hydrogen-bond acceptors (Lipinski definition) is 3. The van der Waals surface area contributed by atoms with Gasteiger partial charge in [-0.2, -0.15) is 0 Å². The number of carbonyl (C=O) groups excluding carboxylic acids is 1. The van der Waals surface area contributed by atoms with Gasteiger partial charge in [-0.3, -0.25) is 4.79 Å². The first-order chi connectivity index (χ1) is 9.63. The Kier molecular flexibility index (Phi) is 5.86. The molecule has 20 heavy (non-hydrogen) atoms. The molecule has 110 valence electrons. The number of halogens is 1. The third-order valence-electron chi connectivity index (χ3n) is 3.61. The number of nitrogens with zero attached hydrogens (tertiary/aromatic N) is 1. The maximum atomic E-state index is 11.8. The first kappa shape index (κ1) is 15.3. The molecule has 1 aromatic rings. The number of benzene rings is 1. The van der Waals surface area contributed by atoms with E-state index in [0.717, 1.165) is 23.2 Å². The Bertz CT molecular complexity index is 435. The topological polar surface area (TPSA) is 44.4 Å². The average molecular weight is 340 g/mol. The van der Waals surface area contributed by atoms with Crippen LogP contribution in [-0.4, -0.2) is 44.0 Å². The fourth-order valence-electron chi connectivity index (χ4n) is 2.51. The molecule has 0 aliphatic carbocycles. The van der Waals surface area contributed by atoms with E-state index < -0.39 is 0 Å². The predicted octanol–water partition coefficient (Wildman–Crippen LogP) is 2.32. The van der Waals surface area contributed by atoms with E-state index in [4.69, 9.17) is 0 Å². The molecule has 2 rings (SSSR count). The van der Waals surface area contributed by atoms with E-state index in [1.54, 1.807) is 0 Å². The molecule has 0 spiro atoms. The first-order valence-corrected chi connectivity index (χ1v) is 7.87. The molecule has 0 bridgehead atoms. The van der Waals surface area contributed by atoms with Gasteiger partial charge in [0.15, 0.2) is 0 Å². The van der Waals surface area contributed by atoms with Gasteiger partial charge in [-0.1, -0.05) is 15.9 Å². The second kappa shape index (κ2) is 7.64. The third-order valence-corrected chi connectivity index (χ3v) is 4.14. The molecule has 0 radical (unpaired) electrons. The lowest BCUT2D eigenvalue weighted by atomic mass is 9.98. The number of carbonyl (C=O) groups is 1. The minimum Gasteiger partial charge on any atom is -0.376 e. The molecule has 1 saturated heterocycles. The normalized spacial score (nSPS) is 19.6. The van der Waals surface area contributed by atoms with Crippen molar-refractivity contribution in [3.05, 3.63) is 28.7 Å². The molecule has 1 atom stereocenters. The second-order valence-corrected chi connectivity index (χ2v) is 6.35. The molecule has 4 nitrogen and oxygen atoms in total. The number of anilines is 1. The zero-order chi connectivity index (χ0) is 14.4. The van der Waals surface area contributed by atoms with Gasteiger partial charge in [-0.25, -0.2) is 0 Å². The van der Waals surface area contributed by atoms with Gasteiger partial charge in [0.25, 0.3) is 0 Å². The predicted molar refractivity (Wildman–Crippen MR) is 85.9 cm³/mol. The van der Waals surface area contributed by atoms with Crippen LogP contribution in [0.2, 0.25) is 0 Å². The molecular weight excluding hydrogens is 318 g/mol. The van der Waals surface area contributed by atoms with E-state index in [-0.39, 0.29) is 5.91 Å². The van der Waals surface area contributed by atoms with Crippen molar-refractivity contribution in [2.45, 2.75) is 12.8 Å². The van der Waals surface area contributed by atoms with E-state index in [2.05, 4.69) is 38.5 Å². The van der Waals surface area contributed by atoms with Crippen molar-refractivity contribution in [3.63, 3.8) is 0 Å². The minimum absolute atomic E-state index is 0.0566. The number of likely N-dealkylation sites (tertiary alicyclic amines) is 1. The number of hydrogen-bond donors (Lipinski definition) is 2. The monoisotopic (exact) mass is 339 g/mol. The molecule has 1 amide bonds. The van der Waals surface area contributed by atoms with Crippen molar-refractivity contribution in [2.75, 3.05) is 38.5 Å². The summed E-state index contributed by atoms with van der Waals surface area (Å²) in [5, 5.41) is 6.14. The van der Waals surface area contributed by atoms with Crippen LogP contribution in [0.4, 0.5) is 5.69 Å². The van der Waals surface area contributed by atoms with Gasteiger partial charge in [0.1, 0.15) is 0 Å². The summed E-state index contributed by atoms with van der Waals surface area (Å²) < 4.78 is 1.04. The van der Waals surface area contributed by atoms with Gasteiger partial charge >= 0.3 is 0 Å². The summed E-state index contributed by atoms with van der Waals surface area (Å²) in [6.07, 6.45) is 2.44. The van der Waals surface area contributed by atoms with Crippen molar-refractivity contribution in [3.8, 4) is 0 Å². The Morgan fingerprint density at radius 2 is 2.15 bits per heavy atom. The van der Waals surface area contributed by atoms with E-state index in [1.165, 1.54) is 19.4 Å². The van der Waals surface area contributed by atoms with Crippen LogP contribution in [0.3, 0.4) is 0 Å². The highest BCUT2D eigenvalue weighted by molar-refractivity contribution is 9.10. The first-order valence-electron chi connectivity index (χ1n) is 7.08. The third kappa shape index (κ3) is 5.13. The summed E-state index contributed by atoms with van der Waals surface area (Å²) in [5.41, 5.74) is 0.959. The molecule has 0 saturated carbocycles. The Morgan fingerprint density at radius 3 is 2.85 bits per heavy atom. The molecule has 1 aliphatic rings. The Balaban J connectivity index is 1.66. The lowest BCUT2D eigenvalue weighted by Crippen LogP contribution is -2.40. The second-order valence-electron chi connectivity index (χ2n) is 5.44. The molecule has 1 heterocycles. The zero-order valence-electron chi connectivity index (χ0n) is 11.9. The van der Waals surface area contributed by atoms with Crippen molar-refractivity contribution < 1.29 is 4.79 Å². The highest BCUT2D eigenvalue weighted by Gasteiger charge is 2.17. The van der Waals surface area contributed by atoms with Gasteiger partial charge in [-0.05, 0) is 56.6 Å². The van der Waals surface area contributed by atoms with Gasteiger partial charge in [0.2, 0.25) is 5.91 Å². The van der Waals surface area contributed by atoms with Crippen LogP contribution >= 0.6 is 15.9 Å². The number of piperidine rings is 1. The Morgan fingerprint density at radius 1 is 1.40 bits per heavy atom. The Labute approximate surface area is 129 Å². The number of amides is 1. The van der Waals surface area contributed by atoms with E-state index >= 15 is 0 Å². The number of rotatable bonds is 5. The van der Waals surface area contributed by atoms with Crippen molar-refractivity contribution in [2.24, 2.45) is 5.92 Å². The SMILES string of the molecule is CN1CCC[C@@H](CNC(=O)CNc2ccc(Br)cc2)C1. The van der Waals surface area contributed by atoms with E-state index in [9.17, 15) is 4.79 Å². The van der Waals surface area contributed by atoms with Gasteiger partial charge < -0.3 is 15.5 Å². The van der Waals surface area contributed by atoms with Gasteiger partial charge in [0.05, 0.1) is 6.54 Å². The maximum Gasteiger partial charge on any atom is 0.239 e. The molecular formula is C15H22BrN3O. The maximum absolute atomic E-state index is 11.8. The number of nitrogens with one attached hydrogen (secondary N) is 2. The van der Waals surface area contributed by atoms with Gasteiger partial charge in [0, 0.05) is 23.2 Å². The van der Waals surface area contributed by atoms with Crippen LogP contribution in [0.5, 0.6) is 0 Å². The summed E-state index contributed by atoms with van der Waals surface area (Å²) in [7, 11) is 2.14. The molecule has 2 N–H and O–H groups in total. The van der Waals surface area contributed by atoms with Crippen molar-refractivity contribution in [1.29, 1.82) is 0 Å². The van der Waals surface area contributed by atoms with Crippen molar-refractivity contribution >= 4 is 27.5 Å². The standard InChI is InChI=1S/C15H22BrN3O/c1-19-8-2-3-12(11-19)9-18-15(20)10-17-14-6-4-13(16)5-7-14/h4-7,12,17H,2-3,8-11H2,1H3,(H,18,20)/t12-/m0/s1. The van der Waals surface area contributed by atoms with Crippen LogP contribution < -0.4 is 10.6 Å². The molecule has 1 fully saturated rings. The summed E-state index contributed by atoms with van der Waals surface area (Å²) in [4.78, 5) is 14.1. The summed E-state index contributed by atoms with van der Waals surface area (Å²) in [6.45, 7) is 3.37. The average Bonchev–Trinajstić information content (AvgIpc) is 2.45. The van der Waals surface area contributed by atoms with Crippen LogP contribution in [0.1, 0.15) is 12.8 Å². The smallest absolute Gasteiger partial charge is 0.239 e. The fraction of sp³-hybridized carbons (Fsp3) is 0.533. The molecule has 1 aromatic carbocycles. The van der Waals surface area contributed by atoms with Gasteiger partial charge in [-0.15, -0.1) is 0 Å². The molecule has 0 unspecified atom stereocenters. The highest BCUT2D eigenvalue weighted by atomic mass is 79.9. The van der Waals surface area contributed by atoms with Crippen LogP contribution in [0, 0.1) is 5.92 Å². The molecule has 0 aromatic heterocycles. The highest BCUT2D eigenvalue weighted by Crippen LogP contribution is 2.14. The molecule has 1 aliphatic heterocycles. The largest absolute Gasteiger partial charge is 0.376 e. The van der Waals surface area contributed by atoms with Crippen LogP contribution in [0.25, 0.3) is 0 Å². The zero-order valence-corrected chi connectivity index (χ0v) is 13.4. The minimum atomic E-state index is 0.0566. The Hall–Kier alpha value is -1.07. The van der Waals surface area contributed by atoms with Crippen LogP contribution in [-0.2, 0) is 4.79 Å². The van der Waals surface area contributed by atoms with E-state index in [1.807, 2.05) is 24.3 Å². The quantitative estimate of drug-likeness (QED) is 0.865. The summed E-state index contributed by atoms with van der Waals surface area (Å²) >= 11 is 3.39. The van der Waals surface area contributed by atoms with E-state index in [0.29, 0.717) is 12.5 Å². The lowest BCUT2D eigenvalue weighted by Gasteiger charge is -2.29. The molecule has 5 heteroatoms. The van der Waals surface area contributed by atoms with Crippen LogP contribution in [0.15, 0.2) is 28.7 Å². The summed E-state index contributed by atoms with van der Waals surface area (Å²) in [6, 6.07) is 7.82. The fourth-order valence-corrected chi connectivity index (χ4v) is 2.77. The van der Waals surface area contributed by atoms with Crippen molar-refractivity contribution in [1.82, 2.24) is 10.2 Å². The summed E-state index contributed by atoms with van der Waals surface area (Å²) in [5.74, 6) is 0.645. The lowest BCUT2D eigenvalue weighted by molar-refractivity contribution is -0.119.